The van der Waals surface area contributed by atoms with Gasteiger partial charge in [0.05, 0.1) is 12.6 Å². The smallest absolute Gasteiger partial charge is 0.238 e. The van der Waals surface area contributed by atoms with E-state index in [-0.39, 0.29) is 31.3 Å². The van der Waals surface area contributed by atoms with Gasteiger partial charge < -0.3 is 10.2 Å². The van der Waals surface area contributed by atoms with Crippen molar-refractivity contribution in [3.8, 4) is 0 Å². The van der Waals surface area contributed by atoms with Gasteiger partial charge in [0.1, 0.15) is 11.9 Å². The third kappa shape index (κ3) is 5.07. The molecule has 0 aromatic heterocycles. The third-order valence-corrected chi connectivity index (χ3v) is 3.88. The number of carbonyl (C=O) groups excluding carboxylic acids is 2. The summed E-state index contributed by atoms with van der Waals surface area (Å²) in [7, 11) is -3.45. The molecule has 1 rings (SSSR count). The molecule has 6 nitrogen and oxygen atoms in total. The average Bonchev–Trinajstić information content (AvgIpc) is 2.65. The maximum atomic E-state index is 13.4. The molecule has 0 aliphatic carbocycles. The average molecular weight is 308 g/mol. The molecule has 20 heavy (non-hydrogen) atoms. The summed E-state index contributed by atoms with van der Waals surface area (Å²) >= 11 is 0. The lowest BCUT2D eigenvalue weighted by Gasteiger charge is -2.24. The minimum absolute atomic E-state index is 0.115. The standard InChI is InChI=1S/C12H21FN2O4S/c1-8(2)12(17)14-5-10-4-9(13)6-15(10)11(16)7-20(3,18)19/h8-10H,4-7H2,1-3H3,(H,14,17). The molecule has 2 atom stereocenters. The molecule has 1 fully saturated rings. The minimum atomic E-state index is -3.45. The predicted molar refractivity (Wildman–Crippen MR) is 72.6 cm³/mol. The van der Waals surface area contributed by atoms with Gasteiger partial charge in [-0.05, 0) is 0 Å². The normalized spacial score (nSPS) is 23.1. The lowest BCUT2D eigenvalue weighted by molar-refractivity contribution is -0.130. The number of hydrogen-bond acceptors (Lipinski definition) is 4. The van der Waals surface area contributed by atoms with Crippen LogP contribution in [0.3, 0.4) is 0 Å². The van der Waals surface area contributed by atoms with Crippen molar-refractivity contribution in [3.63, 3.8) is 0 Å². The van der Waals surface area contributed by atoms with E-state index in [9.17, 15) is 22.4 Å². The lowest BCUT2D eigenvalue weighted by atomic mass is 10.1. The summed E-state index contributed by atoms with van der Waals surface area (Å²) in [5.41, 5.74) is 0. The predicted octanol–water partition coefficient (Wildman–Crippen LogP) is -0.258. The van der Waals surface area contributed by atoms with Crippen LogP contribution in [-0.4, -0.2) is 62.4 Å². The van der Waals surface area contributed by atoms with E-state index in [0.717, 1.165) is 6.26 Å². The summed E-state index contributed by atoms with van der Waals surface area (Å²) in [6.45, 7) is 3.49. The number of rotatable bonds is 5. The maximum absolute atomic E-state index is 13.4. The molecule has 2 unspecified atom stereocenters. The van der Waals surface area contributed by atoms with Crippen LogP contribution in [0.2, 0.25) is 0 Å². The quantitative estimate of drug-likeness (QED) is 0.758. The van der Waals surface area contributed by atoms with Crippen molar-refractivity contribution in [3.05, 3.63) is 0 Å². The molecule has 116 valence electrons. The van der Waals surface area contributed by atoms with Gasteiger partial charge in [0.2, 0.25) is 11.8 Å². The van der Waals surface area contributed by atoms with Gasteiger partial charge in [-0.15, -0.1) is 0 Å². The highest BCUT2D eigenvalue weighted by Gasteiger charge is 2.36. The van der Waals surface area contributed by atoms with Crippen LogP contribution in [0.15, 0.2) is 0 Å². The Balaban J connectivity index is 2.64. The fourth-order valence-electron chi connectivity index (χ4n) is 2.09. The van der Waals surface area contributed by atoms with E-state index in [1.807, 2.05) is 0 Å². The van der Waals surface area contributed by atoms with Crippen LogP contribution < -0.4 is 5.32 Å². The van der Waals surface area contributed by atoms with Gasteiger partial charge in [0.25, 0.3) is 0 Å². The highest BCUT2D eigenvalue weighted by molar-refractivity contribution is 7.91. The topological polar surface area (TPSA) is 83.6 Å². The molecule has 0 radical (unpaired) electrons. The summed E-state index contributed by atoms with van der Waals surface area (Å²) in [5, 5.41) is 2.64. The number of sulfone groups is 1. The van der Waals surface area contributed by atoms with E-state index in [1.165, 1.54) is 4.90 Å². The van der Waals surface area contributed by atoms with Crippen molar-refractivity contribution < 1.29 is 22.4 Å². The van der Waals surface area contributed by atoms with Crippen molar-refractivity contribution in [1.29, 1.82) is 0 Å². The van der Waals surface area contributed by atoms with Crippen LogP contribution in [0.25, 0.3) is 0 Å². The second-order valence-corrected chi connectivity index (χ2v) is 7.64. The molecule has 0 spiro atoms. The van der Waals surface area contributed by atoms with Gasteiger partial charge in [-0.2, -0.15) is 0 Å². The second-order valence-electron chi connectivity index (χ2n) is 5.50. The molecule has 1 N–H and O–H groups in total. The summed E-state index contributed by atoms with van der Waals surface area (Å²) < 4.78 is 35.7. The summed E-state index contributed by atoms with van der Waals surface area (Å²) in [5.74, 6) is -1.62. The molecular weight excluding hydrogens is 287 g/mol. The first-order valence-electron chi connectivity index (χ1n) is 6.49. The third-order valence-electron chi connectivity index (χ3n) is 3.11. The molecule has 0 bridgehead atoms. The first-order chi connectivity index (χ1) is 9.10. The van der Waals surface area contributed by atoms with Crippen LogP contribution >= 0.6 is 0 Å². The molecule has 0 saturated carbocycles. The van der Waals surface area contributed by atoms with Gasteiger partial charge in [0.15, 0.2) is 9.84 Å². The van der Waals surface area contributed by atoms with E-state index >= 15 is 0 Å². The van der Waals surface area contributed by atoms with Crippen LogP contribution in [-0.2, 0) is 19.4 Å². The van der Waals surface area contributed by atoms with Crippen molar-refractivity contribution in [1.82, 2.24) is 10.2 Å². The fourth-order valence-corrected chi connectivity index (χ4v) is 2.70. The number of likely N-dealkylation sites (tertiary alicyclic amines) is 1. The van der Waals surface area contributed by atoms with E-state index in [2.05, 4.69) is 5.32 Å². The minimum Gasteiger partial charge on any atom is -0.354 e. The monoisotopic (exact) mass is 308 g/mol. The summed E-state index contributed by atoms with van der Waals surface area (Å²) in [6.07, 6.45) is -0.100. The van der Waals surface area contributed by atoms with E-state index in [4.69, 9.17) is 0 Å². The number of hydrogen-bond donors (Lipinski definition) is 1. The molecule has 0 aromatic carbocycles. The Morgan fingerprint density at radius 2 is 2.00 bits per heavy atom. The first-order valence-corrected chi connectivity index (χ1v) is 8.55. The highest BCUT2D eigenvalue weighted by atomic mass is 32.2. The Morgan fingerprint density at radius 3 is 2.50 bits per heavy atom. The van der Waals surface area contributed by atoms with Gasteiger partial charge >= 0.3 is 0 Å². The van der Waals surface area contributed by atoms with Gasteiger partial charge in [-0.1, -0.05) is 13.8 Å². The van der Waals surface area contributed by atoms with E-state index in [0.29, 0.717) is 0 Å². The SMILES string of the molecule is CC(C)C(=O)NCC1CC(F)CN1C(=O)CS(C)(=O)=O. The Labute approximate surface area is 118 Å². The first kappa shape index (κ1) is 16.9. The molecule has 8 heteroatoms. The Bertz CT molecular complexity index is 478. The van der Waals surface area contributed by atoms with Crippen LogP contribution in [0.4, 0.5) is 4.39 Å². The number of carbonyl (C=O) groups is 2. The molecular formula is C12H21FN2O4S. The van der Waals surface area contributed by atoms with Crippen LogP contribution in [0.5, 0.6) is 0 Å². The van der Waals surface area contributed by atoms with Crippen LogP contribution in [0, 0.1) is 5.92 Å². The second kappa shape index (κ2) is 6.51. The number of amides is 2. The van der Waals surface area contributed by atoms with Crippen molar-refractivity contribution in [2.45, 2.75) is 32.5 Å². The number of nitrogens with one attached hydrogen (secondary N) is 1. The van der Waals surface area contributed by atoms with Crippen molar-refractivity contribution in [2.24, 2.45) is 5.92 Å². The molecule has 2 amide bonds. The molecule has 1 heterocycles. The van der Waals surface area contributed by atoms with Gasteiger partial charge in [-0.25, -0.2) is 12.8 Å². The molecule has 1 aliphatic heterocycles. The van der Waals surface area contributed by atoms with Gasteiger partial charge in [-0.3, -0.25) is 9.59 Å². The van der Waals surface area contributed by atoms with E-state index < -0.39 is 33.7 Å². The number of halogens is 1. The summed E-state index contributed by atoms with van der Waals surface area (Å²) in [4.78, 5) is 24.6. The Morgan fingerprint density at radius 1 is 1.40 bits per heavy atom. The fraction of sp³-hybridized carbons (Fsp3) is 0.833. The largest absolute Gasteiger partial charge is 0.354 e. The zero-order chi connectivity index (χ0) is 15.5. The maximum Gasteiger partial charge on any atom is 0.238 e. The zero-order valence-corrected chi connectivity index (χ0v) is 12.7. The Kier molecular flexibility index (Phi) is 5.50. The van der Waals surface area contributed by atoms with Crippen molar-refractivity contribution >= 4 is 21.7 Å². The van der Waals surface area contributed by atoms with Crippen LogP contribution in [0.1, 0.15) is 20.3 Å². The zero-order valence-electron chi connectivity index (χ0n) is 11.9. The van der Waals surface area contributed by atoms with E-state index in [1.54, 1.807) is 13.8 Å². The lowest BCUT2D eigenvalue weighted by Crippen LogP contribution is -2.45. The van der Waals surface area contributed by atoms with Crippen molar-refractivity contribution in [2.75, 3.05) is 25.1 Å². The van der Waals surface area contributed by atoms with Gasteiger partial charge in [0, 0.05) is 25.1 Å². The molecule has 1 aliphatic rings. The Hall–Kier alpha value is -1.18. The highest BCUT2D eigenvalue weighted by Crippen LogP contribution is 2.20. The summed E-state index contributed by atoms with van der Waals surface area (Å²) in [6, 6.07) is -0.484. The number of alkyl halides is 1. The number of nitrogens with zero attached hydrogens (tertiary/aromatic N) is 1. The molecule has 0 aromatic rings. The molecule has 1 saturated heterocycles.